The van der Waals surface area contributed by atoms with Crippen LogP contribution in [0.25, 0.3) is 0 Å². The Balaban J connectivity index is 1.34. The maximum Gasteiger partial charge on any atom is 0.261 e. The molecule has 38 heavy (non-hydrogen) atoms. The highest BCUT2D eigenvalue weighted by Gasteiger charge is 2.33. The minimum absolute atomic E-state index is 0.170. The number of halogens is 1. The Hall–Kier alpha value is -3.11. The van der Waals surface area contributed by atoms with Crippen molar-refractivity contribution in [3.63, 3.8) is 0 Å². The van der Waals surface area contributed by atoms with E-state index in [0.29, 0.717) is 43.6 Å². The summed E-state index contributed by atoms with van der Waals surface area (Å²) in [5.41, 5.74) is 4.06. The molecule has 200 valence electrons. The lowest BCUT2D eigenvalue weighted by Gasteiger charge is -2.38. The molecule has 3 aromatic rings. The number of rotatable bonds is 7. The van der Waals surface area contributed by atoms with Crippen molar-refractivity contribution in [1.82, 2.24) is 9.21 Å². The molecule has 8 nitrogen and oxygen atoms in total. The Morgan fingerprint density at radius 3 is 2.50 bits per heavy atom. The van der Waals surface area contributed by atoms with Crippen LogP contribution in [-0.2, 0) is 26.0 Å². The molecule has 1 unspecified atom stereocenters. The number of fused-ring (bicyclic) bond motifs is 1. The van der Waals surface area contributed by atoms with E-state index < -0.39 is 10.0 Å². The number of anilines is 1. The Morgan fingerprint density at radius 2 is 1.76 bits per heavy atom. The number of carbonyl (C=O) groups is 1. The molecule has 0 aromatic heterocycles. The number of sulfonamides is 1. The molecule has 1 amide bonds. The second-order valence-electron chi connectivity index (χ2n) is 9.20. The molecular weight excluding hydrogens is 526 g/mol. The van der Waals surface area contributed by atoms with Gasteiger partial charge in [0.25, 0.3) is 5.91 Å². The van der Waals surface area contributed by atoms with Gasteiger partial charge in [-0.2, -0.15) is 4.31 Å². The molecule has 2 heterocycles. The van der Waals surface area contributed by atoms with Gasteiger partial charge in [-0.15, -0.1) is 0 Å². The smallest absolute Gasteiger partial charge is 0.261 e. The van der Waals surface area contributed by atoms with Crippen LogP contribution in [0.2, 0.25) is 5.02 Å². The second kappa shape index (κ2) is 11.3. The van der Waals surface area contributed by atoms with Crippen LogP contribution in [0.4, 0.5) is 5.69 Å². The number of nitrogens with one attached hydrogen (secondary N) is 1. The summed E-state index contributed by atoms with van der Waals surface area (Å²) >= 11 is 6.38. The molecule has 0 radical (unpaired) electrons. The number of amides is 1. The highest BCUT2D eigenvalue weighted by molar-refractivity contribution is 7.89. The normalized spacial score (nSPS) is 18.1. The van der Waals surface area contributed by atoms with Crippen LogP contribution in [-0.4, -0.2) is 70.0 Å². The van der Waals surface area contributed by atoms with E-state index in [1.807, 2.05) is 48.3 Å². The van der Waals surface area contributed by atoms with Crippen LogP contribution in [0, 0.1) is 0 Å². The molecule has 10 heteroatoms. The zero-order valence-corrected chi connectivity index (χ0v) is 22.7. The average molecular weight is 556 g/mol. The van der Waals surface area contributed by atoms with E-state index in [0.717, 1.165) is 23.2 Å². The zero-order valence-electron chi connectivity index (χ0n) is 21.1. The molecule has 3 aromatic carbocycles. The molecule has 1 fully saturated rings. The Kier molecular flexibility index (Phi) is 7.90. The van der Waals surface area contributed by atoms with Gasteiger partial charge in [-0.05, 0) is 60.0 Å². The summed E-state index contributed by atoms with van der Waals surface area (Å²) in [6.07, 6.45) is 0.738. The standard InChI is InChI=1S/C28H30ClN3O5S/c1-30-26-11-6-21(29)18-25(26)28-24-5-3-2-4-20(24)12-13-32(28)27(33)19-37-22-7-9-23(10-8-22)38(34,35)31-14-16-36-17-15-31/h2-11,18,28,30H,12-17,19H2,1H3. The number of hydrogen-bond donors (Lipinski definition) is 1. The van der Waals surface area contributed by atoms with Crippen LogP contribution in [0.15, 0.2) is 71.6 Å². The first-order chi connectivity index (χ1) is 18.4. The van der Waals surface area contributed by atoms with Crippen molar-refractivity contribution < 1.29 is 22.7 Å². The lowest BCUT2D eigenvalue weighted by Crippen LogP contribution is -2.43. The number of carbonyl (C=O) groups excluding carboxylic acids is 1. The van der Waals surface area contributed by atoms with E-state index in [2.05, 4.69) is 11.4 Å². The molecule has 0 bridgehead atoms. The summed E-state index contributed by atoms with van der Waals surface area (Å²) in [6, 6.07) is 19.6. The van der Waals surface area contributed by atoms with Gasteiger partial charge in [0, 0.05) is 43.0 Å². The Labute approximate surface area is 228 Å². The van der Waals surface area contributed by atoms with Gasteiger partial charge in [0.1, 0.15) is 5.75 Å². The van der Waals surface area contributed by atoms with E-state index in [9.17, 15) is 13.2 Å². The maximum absolute atomic E-state index is 13.5. The molecule has 1 saturated heterocycles. The molecule has 0 spiro atoms. The van der Waals surface area contributed by atoms with Crippen LogP contribution in [0.3, 0.4) is 0 Å². The summed E-state index contributed by atoms with van der Waals surface area (Å²) < 4.78 is 38.2. The third-order valence-electron chi connectivity index (χ3n) is 6.98. The number of hydrogen-bond acceptors (Lipinski definition) is 6. The van der Waals surface area contributed by atoms with Gasteiger partial charge in [-0.25, -0.2) is 8.42 Å². The van der Waals surface area contributed by atoms with Gasteiger partial charge in [-0.1, -0.05) is 35.9 Å². The first kappa shape index (κ1) is 26.5. The van der Waals surface area contributed by atoms with Crippen molar-refractivity contribution in [2.24, 2.45) is 0 Å². The summed E-state index contributed by atoms with van der Waals surface area (Å²) in [7, 11) is -1.75. The van der Waals surface area contributed by atoms with Gasteiger partial charge in [0.2, 0.25) is 10.0 Å². The van der Waals surface area contributed by atoms with Crippen LogP contribution in [0.1, 0.15) is 22.7 Å². The highest BCUT2D eigenvalue weighted by atomic mass is 35.5. The van der Waals surface area contributed by atoms with Crippen molar-refractivity contribution in [1.29, 1.82) is 0 Å². The Morgan fingerprint density at radius 1 is 1.03 bits per heavy atom. The first-order valence-corrected chi connectivity index (χ1v) is 14.4. The molecule has 1 N–H and O–H groups in total. The van der Waals surface area contributed by atoms with Gasteiger partial charge < -0.3 is 19.7 Å². The van der Waals surface area contributed by atoms with Crippen LogP contribution in [0.5, 0.6) is 5.75 Å². The van der Waals surface area contributed by atoms with Crippen molar-refractivity contribution in [2.45, 2.75) is 17.4 Å². The average Bonchev–Trinajstić information content (AvgIpc) is 2.96. The fourth-order valence-corrected chi connectivity index (χ4v) is 6.62. The summed E-state index contributed by atoms with van der Waals surface area (Å²) in [5, 5.41) is 3.82. The highest BCUT2D eigenvalue weighted by Crippen LogP contribution is 2.39. The molecule has 0 saturated carbocycles. The summed E-state index contributed by atoms with van der Waals surface area (Å²) in [4.78, 5) is 15.5. The van der Waals surface area contributed by atoms with E-state index in [1.165, 1.54) is 22.0 Å². The third kappa shape index (κ3) is 5.37. The minimum Gasteiger partial charge on any atom is -0.484 e. The fourth-order valence-electron chi connectivity index (χ4n) is 5.03. The first-order valence-electron chi connectivity index (χ1n) is 12.5. The molecule has 2 aliphatic heterocycles. The number of benzene rings is 3. The van der Waals surface area contributed by atoms with E-state index in [1.54, 1.807) is 12.1 Å². The van der Waals surface area contributed by atoms with Crippen molar-refractivity contribution >= 4 is 33.2 Å². The van der Waals surface area contributed by atoms with Gasteiger partial charge in [0.15, 0.2) is 6.61 Å². The van der Waals surface area contributed by atoms with Crippen molar-refractivity contribution in [2.75, 3.05) is 51.8 Å². The lowest BCUT2D eigenvalue weighted by atomic mass is 9.87. The summed E-state index contributed by atoms with van der Waals surface area (Å²) in [5.74, 6) is 0.253. The predicted octanol–water partition coefficient (Wildman–Crippen LogP) is 3.96. The maximum atomic E-state index is 13.5. The molecular formula is C28H30ClN3O5S. The van der Waals surface area contributed by atoms with E-state index in [-0.39, 0.29) is 23.5 Å². The van der Waals surface area contributed by atoms with Crippen LogP contribution < -0.4 is 10.1 Å². The molecule has 1 atom stereocenters. The number of ether oxygens (including phenoxy) is 2. The van der Waals surface area contributed by atoms with Crippen LogP contribution >= 0.6 is 11.6 Å². The van der Waals surface area contributed by atoms with Gasteiger partial charge in [0.05, 0.1) is 24.2 Å². The quantitative estimate of drug-likeness (QED) is 0.475. The monoisotopic (exact) mass is 555 g/mol. The van der Waals surface area contributed by atoms with Gasteiger partial charge >= 0.3 is 0 Å². The van der Waals surface area contributed by atoms with E-state index >= 15 is 0 Å². The lowest BCUT2D eigenvalue weighted by molar-refractivity contribution is -0.135. The number of nitrogens with zero attached hydrogens (tertiary/aromatic N) is 2. The van der Waals surface area contributed by atoms with Gasteiger partial charge in [-0.3, -0.25) is 4.79 Å². The summed E-state index contributed by atoms with van der Waals surface area (Å²) in [6.45, 7) is 1.79. The minimum atomic E-state index is -3.60. The van der Waals surface area contributed by atoms with Crippen molar-refractivity contribution in [3.8, 4) is 5.75 Å². The third-order valence-corrected chi connectivity index (χ3v) is 9.12. The van der Waals surface area contributed by atoms with Crippen molar-refractivity contribution in [3.05, 3.63) is 88.4 Å². The molecule has 2 aliphatic rings. The second-order valence-corrected chi connectivity index (χ2v) is 11.6. The van der Waals surface area contributed by atoms with E-state index in [4.69, 9.17) is 21.1 Å². The zero-order chi connectivity index (χ0) is 26.7. The SMILES string of the molecule is CNc1ccc(Cl)cc1C1c2ccccc2CCN1C(=O)COc1ccc(S(=O)(=O)N2CCOCC2)cc1. The fraction of sp³-hybridized carbons (Fsp3) is 0.321. The topological polar surface area (TPSA) is 88.2 Å². The Bertz CT molecular complexity index is 1410. The predicted molar refractivity (Wildman–Crippen MR) is 146 cm³/mol. The molecule has 5 rings (SSSR count). The molecule has 0 aliphatic carbocycles. The largest absolute Gasteiger partial charge is 0.484 e. The number of morpholine rings is 1.